The van der Waals surface area contributed by atoms with Gasteiger partial charge in [-0.2, -0.15) is 0 Å². The first-order chi connectivity index (χ1) is 13.0. The van der Waals surface area contributed by atoms with E-state index in [4.69, 9.17) is 9.47 Å². The summed E-state index contributed by atoms with van der Waals surface area (Å²) < 4.78 is 23.6. The van der Waals surface area contributed by atoms with Crippen LogP contribution in [0.5, 0.6) is 11.5 Å². The standard InChI is InChI=1S/C21H19FN2O3/c1-14-20(12-7-17(23-14)13-26-2)21(25)24-16-5-10-19(11-6-16)27-18-8-3-15(22)4-9-18/h3-12H,13H2,1-2H3,(H,24,25). The minimum absolute atomic E-state index is 0.240. The zero-order chi connectivity index (χ0) is 19.2. The third kappa shape index (κ3) is 4.89. The normalized spacial score (nSPS) is 10.5. The second-order valence-corrected chi connectivity index (χ2v) is 5.90. The van der Waals surface area contributed by atoms with Gasteiger partial charge in [-0.15, -0.1) is 0 Å². The number of amides is 1. The number of nitrogens with one attached hydrogen (secondary N) is 1. The molecule has 2 aromatic carbocycles. The van der Waals surface area contributed by atoms with Crippen LogP contribution in [0.15, 0.2) is 60.7 Å². The lowest BCUT2D eigenvalue weighted by molar-refractivity contribution is 0.102. The first kappa shape index (κ1) is 18.5. The summed E-state index contributed by atoms with van der Waals surface area (Å²) in [7, 11) is 1.60. The summed E-state index contributed by atoms with van der Waals surface area (Å²) in [6.07, 6.45) is 0. The highest BCUT2D eigenvalue weighted by Gasteiger charge is 2.11. The van der Waals surface area contributed by atoms with E-state index in [0.29, 0.717) is 35.1 Å². The lowest BCUT2D eigenvalue weighted by atomic mass is 10.1. The molecule has 0 fully saturated rings. The van der Waals surface area contributed by atoms with Crippen LogP contribution in [0.25, 0.3) is 0 Å². The highest BCUT2D eigenvalue weighted by Crippen LogP contribution is 2.23. The minimum atomic E-state index is -0.319. The minimum Gasteiger partial charge on any atom is -0.457 e. The fourth-order valence-electron chi connectivity index (χ4n) is 2.52. The Morgan fingerprint density at radius 2 is 1.63 bits per heavy atom. The number of aryl methyl sites for hydroxylation is 1. The molecular weight excluding hydrogens is 347 g/mol. The molecule has 27 heavy (non-hydrogen) atoms. The molecule has 1 aromatic heterocycles. The number of carbonyl (C=O) groups is 1. The van der Waals surface area contributed by atoms with Gasteiger partial charge < -0.3 is 14.8 Å². The van der Waals surface area contributed by atoms with E-state index in [1.165, 1.54) is 12.1 Å². The van der Waals surface area contributed by atoms with Crippen LogP contribution in [0.1, 0.15) is 21.7 Å². The lowest BCUT2D eigenvalue weighted by Gasteiger charge is -2.10. The Morgan fingerprint density at radius 1 is 1.00 bits per heavy atom. The van der Waals surface area contributed by atoms with Crippen molar-refractivity contribution in [2.24, 2.45) is 0 Å². The summed E-state index contributed by atoms with van der Waals surface area (Å²) >= 11 is 0. The number of ether oxygens (including phenoxy) is 2. The Bertz CT molecular complexity index is 925. The lowest BCUT2D eigenvalue weighted by Crippen LogP contribution is -2.14. The summed E-state index contributed by atoms with van der Waals surface area (Å²) in [4.78, 5) is 16.8. The third-order valence-corrected chi connectivity index (χ3v) is 3.84. The number of nitrogens with zero attached hydrogens (tertiary/aromatic N) is 1. The van der Waals surface area contributed by atoms with Crippen LogP contribution < -0.4 is 10.1 Å². The Labute approximate surface area is 156 Å². The average Bonchev–Trinajstić information content (AvgIpc) is 2.65. The zero-order valence-electron chi connectivity index (χ0n) is 15.0. The van der Waals surface area contributed by atoms with Gasteiger partial charge in [0, 0.05) is 12.8 Å². The van der Waals surface area contributed by atoms with Crippen LogP contribution in [0, 0.1) is 12.7 Å². The van der Waals surface area contributed by atoms with Crippen molar-refractivity contribution in [2.75, 3.05) is 12.4 Å². The van der Waals surface area contributed by atoms with E-state index < -0.39 is 0 Å². The molecule has 0 spiro atoms. The number of carbonyl (C=O) groups excluding carboxylic acids is 1. The molecule has 5 nitrogen and oxygen atoms in total. The highest BCUT2D eigenvalue weighted by molar-refractivity contribution is 6.05. The smallest absolute Gasteiger partial charge is 0.257 e. The van der Waals surface area contributed by atoms with E-state index in [0.717, 1.165) is 5.69 Å². The van der Waals surface area contributed by atoms with E-state index in [1.807, 2.05) is 0 Å². The number of pyridine rings is 1. The predicted octanol–water partition coefficient (Wildman–Crippen LogP) is 4.72. The molecule has 0 aliphatic carbocycles. The monoisotopic (exact) mass is 366 g/mol. The summed E-state index contributed by atoms with van der Waals surface area (Å²) in [6.45, 7) is 2.19. The van der Waals surface area contributed by atoms with E-state index >= 15 is 0 Å². The zero-order valence-corrected chi connectivity index (χ0v) is 15.0. The number of anilines is 1. The van der Waals surface area contributed by atoms with Gasteiger partial charge in [-0.05, 0) is 67.6 Å². The molecule has 1 heterocycles. The number of hydrogen-bond donors (Lipinski definition) is 1. The summed E-state index contributed by atoms with van der Waals surface area (Å²) in [5, 5.41) is 2.83. The molecule has 0 unspecified atom stereocenters. The van der Waals surface area contributed by atoms with Crippen molar-refractivity contribution >= 4 is 11.6 Å². The van der Waals surface area contributed by atoms with Crippen molar-refractivity contribution in [3.05, 3.63) is 83.4 Å². The van der Waals surface area contributed by atoms with Crippen molar-refractivity contribution in [3.63, 3.8) is 0 Å². The SMILES string of the molecule is COCc1ccc(C(=O)Nc2ccc(Oc3ccc(F)cc3)cc2)c(C)n1. The Hall–Kier alpha value is -3.25. The van der Waals surface area contributed by atoms with Gasteiger partial charge in [0.05, 0.1) is 23.6 Å². The van der Waals surface area contributed by atoms with Crippen molar-refractivity contribution in [3.8, 4) is 11.5 Å². The number of hydrogen-bond acceptors (Lipinski definition) is 4. The van der Waals surface area contributed by atoms with Crippen LogP contribution in [0.2, 0.25) is 0 Å². The Balaban J connectivity index is 1.65. The topological polar surface area (TPSA) is 60.5 Å². The molecule has 0 atom stereocenters. The molecule has 0 radical (unpaired) electrons. The predicted molar refractivity (Wildman–Crippen MR) is 101 cm³/mol. The molecule has 0 saturated heterocycles. The summed E-state index contributed by atoms with van der Waals surface area (Å²) in [5.41, 5.74) is 2.54. The largest absolute Gasteiger partial charge is 0.457 e. The molecule has 3 rings (SSSR count). The van der Waals surface area contributed by atoms with Crippen molar-refractivity contribution in [2.45, 2.75) is 13.5 Å². The number of aromatic nitrogens is 1. The molecule has 0 saturated carbocycles. The van der Waals surface area contributed by atoms with Crippen molar-refractivity contribution in [1.29, 1.82) is 0 Å². The maximum absolute atomic E-state index is 12.9. The van der Waals surface area contributed by atoms with Gasteiger partial charge in [-0.1, -0.05) is 0 Å². The van der Waals surface area contributed by atoms with Crippen LogP contribution in [0.4, 0.5) is 10.1 Å². The molecule has 138 valence electrons. The number of rotatable bonds is 6. The van der Waals surface area contributed by atoms with E-state index in [2.05, 4.69) is 10.3 Å². The quantitative estimate of drug-likeness (QED) is 0.686. The molecule has 0 aliphatic heterocycles. The van der Waals surface area contributed by atoms with Crippen LogP contribution in [-0.2, 0) is 11.3 Å². The molecular formula is C21H19FN2O3. The fourth-order valence-corrected chi connectivity index (χ4v) is 2.52. The van der Waals surface area contributed by atoms with E-state index in [9.17, 15) is 9.18 Å². The van der Waals surface area contributed by atoms with Gasteiger partial charge in [0.2, 0.25) is 0 Å². The molecule has 1 amide bonds. The first-order valence-corrected chi connectivity index (χ1v) is 8.35. The Kier molecular flexibility index (Phi) is 5.78. The number of methoxy groups -OCH3 is 1. The van der Waals surface area contributed by atoms with Gasteiger partial charge in [-0.25, -0.2) is 4.39 Å². The average molecular weight is 366 g/mol. The molecule has 6 heteroatoms. The van der Waals surface area contributed by atoms with E-state index in [1.54, 1.807) is 62.6 Å². The van der Waals surface area contributed by atoms with Crippen LogP contribution in [-0.4, -0.2) is 18.0 Å². The van der Waals surface area contributed by atoms with E-state index in [-0.39, 0.29) is 11.7 Å². The number of benzene rings is 2. The summed E-state index contributed by atoms with van der Waals surface area (Å²) in [6, 6.07) is 16.2. The maximum Gasteiger partial charge on any atom is 0.257 e. The highest BCUT2D eigenvalue weighted by atomic mass is 19.1. The van der Waals surface area contributed by atoms with Gasteiger partial charge in [0.1, 0.15) is 17.3 Å². The molecule has 0 aliphatic rings. The van der Waals surface area contributed by atoms with Crippen LogP contribution in [0.3, 0.4) is 0 Å². The molecule has 1 N–H and O–H groups in total. The maximum atomic E-state index is 12.9. The summed E-state index contributed by atoms with van der Waals surface area (Å²) in [5.74, 6) is 0.559. The van der Waals surface area contributed by atoms with Crippen molar-refractivity contribution < 1.29 is 18.7 Å². The second-order valence-electron chi connectivity index (χ2n) is 5.90. The van der Waals surface area contributed by atoms with Gasteiger partial charge in [-0.3, -0.25) is 9.78 Å². The van der Waals surface area contributed by atoms with Crippen LogP contribution >= 0.6 is 0 Å². The van der Waals surface area contributed by atoms with Gasteiger partial charge in [0.25, 0.3) is 5.91 Å². The molecule has 0 bridgehead atoms. The second kappa shape index (κ2) is 8.42. The van der Waals surface area contributed by atoms with Gasteiger partial charge in [0.15, 0.2) is 0 Å². The van der Waals surface area contributed by atoms with Crippen molar-refractivity contribution in [1.82, 2.24) is 4.98 Å². The first-order valence-electron chi connectivity index (χ1n) is 8.35. The number of halogens is 1. The molecule has 3 aromatic rings. The van der Waals surface area contributed by atoms with Gasteiger partial charge >= 0.3 is 0 Å². The third-order valence-electron chi connectivity index (χ3n) is 3.84. The fraction of sp³-hybridized carbons (Fsp3) is 0.143. The Morgan fingerprint density at radius 3 is 2.22 bits per heavy atom.